The van der Waals surface area contributed by atoms with Gasteiger partial charge in [-0.2, -0.15) is 0 Å². The molecular formula is C16H37N8O4P+2. The first kappa shape index (κ1) is 26.5. The molecule has 13 heteroatoms. The minimum Gasteiger partial charge on any atom is -0.341 e. The molecule has 4 N–H and O–H groups in total. The molecule has 0 saturated carbocycles. The quantitative estimate of drug-likeness (QED) is 0.400. The van der Waals surface area contributed by atoms with Gasteiger partial charge in [-0.1, -0.05) is 0 Å². The normalized spacial score (nSPS) is 10.5. The molecule has 0 heterocycles. The van der Waals surface area contributed by atoms with Gasteiger partial charge < -0.3 is 21.3 Å². The van der Waals surface area contributed by atoms with Crippen molar-refractivity contribution in [3.8, 4) is 0 Å². The van der Waals surface area contributed by atoms with Gasteiger partial charge in [0.25, 0.3) is 0 Å². The molecule has 0 atom stereocenters. The zero-order valence-electron chi connectivity index (χ0n) is 19.7. The van der Waals surface area contributed by atoms with Crippen molar-refractivity contribution in [3.05, 3.63) is 0 Å². The Balaban J connectivity index is 0. The number of rotatable bonds is 8. The maximum absolute atomic E-state index is 12.2. The van der Waals surface area contributed by atoms with E-state index in [0.717, 1.165) is 0 Å². The fourth-order valence-electron chi connectivity index (χ4n) is 3.09. The molecule has 0 aromatic rings. The standard InChI is InChI=1S/C16H35N8O4P/c1-17-13(25)21(5)9-29(10-22(6)14(26)18-2,11-23(7)15(27)19-3)12-24(8)16(28)20-4/h9-12H2,1-8H3,(H3-,17,18,19,20,25,26,27,28)/p+2. The molecule has 12 nitrogen and oxygen atoms in total. The Morgan fingerprint density at radius 2 is 0.724 bits per heavy atom. The first-order chi connectivity index (χ1) is 13.5. The number of nitrogens with one attached hydrogen (secondary N) is 4. The van der Waals surface area contributed by atoms with Crippen LogP contribution in [0, 0.1) is 0 Å². The Hall–Kier alpha value is -2.49. The number of hydrogen-bond donors (Lipinski definition) is 4. The lowest BCUT2D eigenvalue weighted by Gasteiger charge is -2.37. The molecule has 29 heavy (non-hydrogen) atoms. The highest BCUT2D eigenvalue weighted by atomic mass is 31.2. The lowest BCUT2D eigenvalue weighted by molar-refractivity contribution is 0.211. The van der Waals surface area contributed by atoms with E-state index in [4.69, 9.17) is 0 Å². The molecule has 168 valence electrons. The second-order valence-electron chi connectivity index (χ2n) is 6.92. The second kappa shape index (κ2) is 12.2. The lowest BCUT2D eigenvalue weighted by atomic mass is 10.8. The molecule has 0 unspecified atom stereocenters. The summed E-state index contributed by atoms with van der Waals surface area (Å²) in [4.78, 5) is 54.7. The fraction of sp³-hybridized carbons (Fsp3) is 0.750. The maximum Gasteiger partial charge on any atom is 1.00 e. The van der Waals surface area contributed by atoms with Crippen molar-refractivity contribution in [3.63, 3.8) is 0 Å². The summed E-state index contributed by atoms with van der Waals surface area (Å²) in [5, 5.41) is 10.3. The summed E-state index contributed by atoms with van der Waals surface area (Å²) in [5.41, 5.74) is 0. The van der Waals surface area contributed by atoms with E-state index in [1.54, 1.807) is 28.2 Å². The van der Waals surface area contributed by atoms with Gasteiger partial charge in [0.2, 0.25) is 0 Å². The highest BCUT2D eigenvalue weighted by Crippen LogP contribution is 2.59. The zero-order valence-corrected chi connectivity index (χ0v) is 19.6. The van der Waals surface area contributed by atoms with Crippen LogP contribution in [-0.2, 0) is 0 Å². The minimum absolute atomic E-state index is 0. The van der Waals surface area contributed by atoms with Gasteiger partial charge in [-0.05, 0) is 0 Å². The molecule has 0 aliphatic heterocycles. The van der Waals surface area contributed by atoms with Crippen molar-refractivity contribution in [2.45, 2.75) is 0 Å². The highest BCUT2D eigenvalue weighted by molar-refractivity contribution is 7.75. The van der Waals surface area contributed by atoms with E-state index in [2.05, 4.69) is 21.3 Å². The molecular weight excluding hydrogens is 399 g/mol. The monoisotopic (exact) mass is 436 g/mol. The van der Waals surface area contributed by atoms with E-state index < -0.39 is 7.26 Å². The van der Waals surface area contributed by atoms with E-state index in [1.165, 1.54) is 47.8 Å². The van der Waals surface area contributed by atoms with Gasteiger partial charge >= 0.3 is 25.6 Å². The molecule has 0 fully saturated rings. The molecule has 0 radical (unpaired) electrons. The third-order valence-corrected chi connectivity index (χ3v) is 8.39. The first-order valence-electron chi connectivity index (χ1n) is 9.03. The van der Waals surface area contributed by atoms with Crippen molar-refractivity contribution in [1.82, 2.24) is 40.9 Å². The topological polar surface area (TPSA) is 129 Å². The second-order valence-corrected chi connectivity index (χ2v) is 10.7. The van der Waals surface area contributed by atoms with Crippen LogP contribution < -0.4 is 21.3 Å². The van der Waals surface area contributed by atoms with Crippen LogP contribution in [0.3, 0.4) is 0 Å². The van der Waals surface area contributed by atoms with E-state index in [9.17, 15) is 19.2 Å². The van der Waals surface area contributed by atoms with Crippen molar-refractivity contribution >= 4 is 31.4 Å². The summed E-state index contributed by atoms with van der Waals surface area (Å²) >= 11 is 0. The number of amides is 8. The Morgan fingerprint density at radius 3 is 0.862 bits per heavy atom. The Kier molecular flexibility index (Phi) is 11.1. The summed E-state index contributed by atoms with van der Waals surface area (Å²) in [5.74, 6) is 0. The highest BCUT2D eigenvalue weighted by Gasteiger charge is 2.46. The van der Waals surface area contributed by atoms with Gasteiger partial charge in [0, 0.05) is 56.4 Å². The Bertz CT molecular complexity index is 496. The average molecular weight is 436 g/mol. The predicted molar refractivity (Wildman–Crippen MR) is 116 cm³/mol. The zero-order chi connectivity index (χ0) is 22.8. The molecule has 0 aromatic carbocycles. The summed E-state index contributed by atoms with van der Waals surface area (Å²) in [7, 11) is 10.4. The van der Waals surface area contributed by atoms with Crippen molar-refractivity contribution < 1.29 is 20.6 Å². The Labute approximate surface area is 175 Å². The van der Waals surface area contributed by atoms with Crippen LogP contribution in [0.1, 0.15) is 1.43 Å². The third-order valence-electron chi connectivity index (χ3n) is 4.29. The van der Waals surface area contributed by atoms with Crippen LogP contribution in [-0.4, -0.2) is 125 Å². The van der Waals surface area contributed by atoms with Gasteiger partial charge in [-0.25, -0.2) is 19.2 Å². The van der Waals surface area contributed by atoms with Crippen molar-refractivity contribution in [2.24, 2.45) is 0 Å². The average Bonchev–Trinajstić information content (AvgIpc) is 2.70. The number of carbonyl (C=O) groups is 4. The minimum atomic E-state index is -2.33. The molecule has 8 amide bonds. The molecule has 0 spiro atoms. The first-order valence-corrected chi connectivity index (χ1v) is 11.6. The van der Waals surface area contributed by atoms with Crippen LogP contribution in [0.4, 0.5) is 19.2 Å². The molecule has 0 rings (SSSR count). The summed E-state index contributed by atoms with van der Waals surface area (Å²) in [6.45, 7) is 0. The molecule has 0 aromatic heterocycles. The van der Waals surface area contributed by atoms with Crippen LogP contribution >= 0.6 is 7.26 Å². The molecule has 0 aliphatic carbocycles. The maximum atomic E-state index is 12.2. The summed E-state index contributed by atoms with van der Waals surface area (Å²) in [6, 6.07) is -1.16. The van der Waals surface area contributed by atoms with Gasteiger partial charge in [0.1, 0.15) is 25.1 Å². The lowest BCUT2D eigenvalue weighted by Crippen LogP contribution is -2.47. The van der Waals surface area contributed by atoms with Crippen molar-refractivity contribution in [1.29, 1.82) is 0 Å². The molecule has 0 saturated heterocycles. The van der Waals surface area contributed by atoms with Gasteiger partial charge in [-0.3, -0.25) is 19.6 Å². The number of urea groups is 4. The largest absolute Gasteiger partial charge is 1.00 e. The number of carbonyl (C=O) groups excluding carboxylic acids is 4. The third kappa shape index (κ3) is 8.18. The number of hydrogen-bond acceptors (Lipinski definition) is 4. The Morgan fingerprint density at radius 1 is 0.552 bits per heavy atom. The van der Waals surface area contributed by atoms with E-state index in [1.807, 2.05) is 0 Å². The SMILES string of the molecule is CNC(=O)N(C)C[P+](CN(C)C(=O)NC)(CN(C)C(=O)NC)CN(C)C(=O)NC.[H+]. The van der Waals surface area contributed by atoms with Gasteiger partial charge in [-0.15, -0.1) is 0 Å². The fourth-order valence-corrected chi connectivity index (χ4v) is 7.74. The van der Waals surface area contributed by atoms with Crippen LogP contribution in [0.25, 0.3) is 0 Å². The van der Waals surface area contributed by atoms with Crippen LogP contribution in [0.15, 0.2) is 0 Å². The molecule has 0 bridgehead atoms. The van der Waals surface area contributed by atoms with E-state index >= 15 is 0 Å². The molecule has 0 aliphatic rings. The van der Waals surface area contributed by atoms with Crippen LogP contribution in [0.2, 0.25) is 0 Å². The van der Waals surface area contributed by atoms with Crippen molar-refractivity contribution in [2.75, 3.05) is 81.5 Å². The van der Waals surface area contributed by atoms with E-state index in [0.29, 0.717) is 25.1 Å². The summed E-state index contributed by atoms with van der Waals surface area (Å²) < 4.78 is 0. The predicted octanol–water partition coefficient (Wildman–Crippen LogP) is 0.0313. The smallest absolute Gasteiger partial charge is 0.341 e. The number of nitrogens with zero attached hydrogens (tertiary/aromatic N) is 4. The van der Waals surface area contributed by atoms with E-state index in [-0.39, 0.29) is 25.6 Å². The van der Waals surface area contributed by atoms with Crippen LogP contribution in [0.5, 0.6) is 0 Å². The van der Waals surface area contributed by atoms with Gasteiger partial charge in [0.05, 0.1) is 7.26 Å². The summed E-state index contributed by atoms with van der Waals surface area (Å²) in [6.07, 6.45) is 1.21. The van der Waals surface area contributed by atoms with Gasteiger partial charge in [0.15, 0.2) is 0 Å².